The number of ether oxygens (including phenoxy) is 1. The van der Waals surface area contributed by atoms with E-state index >= 15 is 0 Å². The van der Waals surface area contributed by atoms with Gasteiger partial charge in [-0.15, -0.1) is 0 Å². The summed E-state index contributed by atoms with van der Waals surface area (Å²) in [6, 6.07) is 7.75. The van der Waals surface area contributed by atoms with Gasteiger partial charge in [-0.2, -0.15) is 0 Å². The molecule has 0 fully saturated rings. The van der Waals surface area contributed by atoms with Gasteiger partial charge in [-0.3, -0.25) is 9.59 Å². The lowest BCUT2D eigenvalue weighted by molar-refractivity contribution is -0.132. The molecule has 118 valence electrons. The molecule has 5 heteroatoms. The molecule has 1 heterocycles. The number of aryl methyl sites for hydroxylation is 1. The van der Waals surface area contributed by atoms with Gasteiger partial charge in [-0.1, -0.05) is 25.1 Å². The van der Waals surface area contributed by atoms with Gasteiger partial charge in [0.15, 0.2) is 0 Å². The fourth-order valence-electron chi connectivity index (χ4n) is 2.47. The molecule has 2 rings (SSSR count). The van der Waals surface area contributed by atoms with Crippen molar-refractivity contribution in [3.8, 4) is 0 Å². The number of hydrogen-bond acceptors (Lipinski definition) is 3. The van der Waals surface area contributed by atoms with E-state index in [-0.39, 0.29) is 11.5 Å². The highest BCUT2D eigenvalue weighted by Crippen LogP contribution is 2.15. The van der Waals surface area contributed by atoms with Crippen LogP contribution in [0.15, 0.2) is 29.1 Å². The van der Waals surface area contributed by atoms with Gasteiger partial charge < -0.3 is 14.6 Å². The summed E-state index contributed by atoms with van der Waals surface area (Å²) in [5.74, 6) is 0.0146. The maximum absolute atomic E-state index is 12.3. The van der Waals surface area contributed by atoms with Gasteiger partial charge in [0.05, 0.1) is 18.7 Å². The summed E-state index contributed by atoms with van der Waals surface area (Å²) in [6.45, 7) is 5.01. The molecule has 1 aromatic heterocycles. The number of carbonyl (C=O) groups excluding carboxylic acids is 1. The smallest absolute Gasteiger partial charge is 0.253 e. The third kappa shape index (κ3) is 3.54. The molecule has 0 unspecified atom stereocenters. The van der Waals surface area contributed by atoms with Crippen LogP contribution in [0, 0.1) is 6.92 Å². The number of pyridine rings is 1. The van der Waals surface area contributed by atoms with Crippen LogP contribution in [-0.2, 0) is 16.1 Å². The van der Waals surface area contributed by atoms with Crippen LogP contribution < -0.4 is 5.56 Å². The van der Waals surface area contributed by atoms with Crippen molar-refractivity contribution in [2.24, 2.45) is 0 Å². The molecular formula is C17H22N2O3. The highest BCUT2D eigenvalue weighted by molar-refractivity contribution is 5.82. The van der Waals surface area contributed by atoms with Crippen LogP contribution in [-0.4, -0.2) is 36.1 Å². The van der Waals surface area contributed by atoms with E-state index in [9.17, 15) is 9.59 Å². The number of amides is 1. The summed E-state index contributed by atoms with van der Waals surface area (Å²) in [4.78, 5) is 28.9. The molecule has 0 aliphatic carbocycles. The quantitative estimate of drug-likeness (QED) is 0.890. The van der Waals surface area contributed by atoms with Crippen molar-refractivity contribution in [3.63, 3.8) is 0 Å². The number of methoxy groups -OCH3 is 1. The van der Waals surface area contributed by atoms with Crippen LogP contribution in [0.5, 0.6) is 0 Å². The fourth-order valence-corrected chi connectivity index (χ4v) is 2.47. The first-order valence-electron chi connectivity index (χ1n) is 7.45. The molecule has 0 radical (unpaired) electrons. The van der Waals surface area contributed by atoms with E-state index < -0.39 is 0 Å². The largest absolute Gasteiger partial charge is 0.383 e. The fraction of sp³-hybridized carbons (Fsp3) is 0.412. The number of nitrogens with one attached hydrogen (secondary N) is 1. The molecule has 5 nitrogen and oxygen atoms in total. The normalized spacial score (nSPS) is 10.9. The molecule has 1 N–H and O–H groups in total. The number of aromatic nitrogens is 1. The van der Waals surface area contributed by atoms with Gasteiger partial charge in [-0.25, -0.2) is 0 Å². The SMILES string of the molecule is CCC(=O)N(CCOC)Cc1cc2cccc(C)c2[nH]c1=O. The zero-order valence-electron chi connectivity index (χ0n) is 13.3. The van der Waals surface area contributed by atoms with Gasteiger partial charge >= 0.3 is 0 Å². The number of benzene rings is 1. The molecule has 0 atom stereocenters. The maximum Gasteiger partial charge on any atom is 0.253 e. The molecule has 1 amide bonds. The summed E-state index contributed by atoms with van der Waals surface area (Å²) in [5, 5.41) is 0.977. The molecule has 0 aliphatic rings. The number of para-hydroxylation sites is 1. The van der Waals surface area contributed by atoms with Crippen molar-refractivity contribution >= 4 is 16.8 Å². The van der Waals surface area contributed by atoms with E-state index in [1.807, 2.05) is 38.1 Å². The Labute approximate surface area is 129 Å². The van der Waals surface area contributed by atoms with Crippen LogP contribution >= 0.6 is 0 Å². The molecule has 0 saturated carbocycles. The second-order valence-corrected chi connectivity index (χ2v) is 5.32. The Hall–Kier alpha value is -2.14. The van der Waals surface area contributed by atoms with Crippen molar-refractivity contribution in [1.29, 1.82) is 0 Å². The lowest BCUT2D eigenvalue weighted by Gasteiger charge is -2.21. The van der Waals surface area contributed by atoms with Gasteiger partial charge in [0.1, 0.15) is 0 Å². The Morgan fingerprint density at radius 3 is 2.82 bits per heavy atom. The van der Waals surface area contributed by atoms with E-state index in [4.69, 9.17) is 4.74 Å². The van der Waals surface area contributed by atoms with E-state index in [1.165, 1.54) is 0 Å². The Balaban J connectivity index is 2.34. The number of nitrogens with zero attached hydrogens (tertiary/aromatic N) is 1. The molecule has 0 bridgehead atoms. The van der Waals surface area contributed by atoms with Crippen molar-refractivity contribution in [3.05, 3.63) is 45.7 Å². The summed E-state index contributed by atoms with van der Waals surface area (Å²) >= 11 is 0. The zero-order valence-corrected chi connectivity index (χ0v) is 13.3. The van der Waals surface area contributed by atoms with E-state index in [0.29, 0.717) is 31.7 Å². The van der Waals surface area contributed by atoms with Crippen LogP contribution in [0.2, 0.25) is 0 Å². The van der Waals surface area contributed by atoms with E-state index in [1.54, 1.807) is 12.0 Å². The first-order valence-corrected chi connectivity index (χ1v) is 7.45. The highest BCUT2D eigenvalue weighted by Gasteiger charge is 2.14. The van der Waals surface area contributed by atoms with Crippen LogP contribution in [0.4, 0.5) is 0 Å². The Bertz CT molecular complexity index is 721. The topological polar surface area (TPSA) is 62.4 Å². The maximum atomic E-state index is 12.3. The molecular weight excluding hydrogens is 280 g/mol. The number of H-pyrrole nitrogens is 1. The Kier molecular flexibility index (Phi) is 5.33. The van der Waals surface area contributed by atoms with Crippen molar-refractivity contribution in [1.82, 2.24) is 9.88 Å². The van der Waals surface area contributed by atoms with E-state index in [2.05, 4.69) is 4.98 Å². The number of carbonyl (C=O) groups is 1. The van der Waals surface area contributed by atoms with E-state index in [0.717, 1.165) is 16.5 Å². The van der Waals surface area contributed by atoms with Gasteiger partial charge in [-0.05, 0) is 23.9 Å². The third-order valence-electron chi connectivity index (χ3n) is 3.75. The predicted molar refractivity (Wildman–Crippen MR) is 86.9 cm³/mol. The highest BCUT2D eigenvalue weighted by atomic mass is 16.5. The minimum atomic E-state index is -0.145. The first-order chi connectivity index (χ1) is 10.6. The third-order valence-corrected chi connectivity index (χ3v) is 3.75. The number of rotatable bonds is 6. The molecule has 0 aliphatic heterocycles. The summed E-state index contributed by atoms with van der Waals surface area (Å²) in [6.07, 6.45) is 0.411. The number of aromatic amines is 1. The second-order valence-electron chi connectivity index (χ2n) is 5.32. The predicted octanol–water partition coefficient (Wildman–Crippen LogP) is 2.22. The standard InChI is InChI=1S/C17H22N2O3/c1-4-15(20)19(8-9-22-3)11-14-10-13-7-5-6-12(2)16(13)18-17(14)21/h5-7,10H,4,8-9,11H2,1-3H3,(H,18,21). The lowest BCUT2D eigenvalue weighted by atomic mass is 10.1. The number of hydrogen-bond donors (Lipinski definition) is 1. The van der Waals surface area contributed by atoms with Gasteiger partial charge in [0.25, 0.3) is 5.56 Å². The zero-order chi connectivity index (χ0) is 16.1. The van der Waals surface area contributed by atoms with Crippen molar-refractivity contribution in [2.75, 3.05) is 20.3 Å². The van der Waals surface area contributed by atoms with Crippen LogP contribution in [0.25, 0.3) is 10.9 Å². The van der Waals surface area contributed by atoms with Gasteiger partial charge in [0.2, 0.25) is 5.91 Å². The number of fused-ring (bicyclic) bond motifs is 1. The molecule has 0 saturated heterocycles. The van der Waals surface area contributed by atoms with Crippen LogP contribution in [0.1, 0.15) is 24.5 Å². The van der Waals surface area contributed by atoms with Crippen LogP contribution in [0.3, 0.4) is 0 Å². The lowest BCUT2D eigenvalue weighted by Crippen LogP contribution is -2.34. The minimum Gasteiger partial charge on any atom is -0.383 e. The van der Waals surface area contributed by atoms with Crippen molar-refractivity contribution < 1.29 is 9.53 Å². The average Bonchev–Trinajstić information content (AvgIpc) is 2.52. The average molecular weight is 302 g/mol. The second kappa shape index (κ2) is 7.22. The molecule has 22 heavy (non-hydrogen) atoms. The molecule has 1 aromatic carbocycles. The molecule has 0 spiro atoms. The molecule has 2 aromatic rings. The Morgan fingerprint density at radius 1 is 1.36 bits per heavy atom. The monoisotopic (exact) mass is 302 g/mol. The van der Waals surface area contributed by atoms with Gasteiger partial charge in [0, 0.05) is 25.6 Å². The Morgan fingerprint density at radius 2 is 2.14 bits per heavy atom. The van der Waals surface area contributed by atoms with Crippen molar-refractivity contribution in [2.45, 2.75) is 26.8 Å². The summed E-state index contributed by atoms with van der Waals surface area (Å²) in [7, 11) is 1.60. The minimum absolute atomic E-state index is 0.0146. The summed E-state index contributed by atoms with van der Waals surface area (Å²) < 4.78 is 5.04. The first kappa shape index (κ1) is 16.2. The summed E-state index contributed by atoms with van der Waals surface area (Å²) in [5.41, 5.74) is 2.33.